The van der Waals surface area contributed by atoms with E-state index in [4.69, 9.17) is 17.4 Å². The average molecular weight is 414 g/mol. The maximum atomic E-state index is 11.9. The van der Waals surface area contributed by atoms with Crippen molar-refractivity contribution in [2.75, 3.05) is 0 Å². The number of halogens is 1. The summed E-state index contributed by atoms with van der Waals surface area (Å²) in [6, 6.07) is 8.92. The summed E-state index contributed by atoms with van der Waals surface area (Å²) in [5.74, 6) is 5.13. The molecule has 1 amide bonds. The summed E-state index contributed by atoms with van der Waals surface area (Å²) in [5.41, 5.74) is 5.33. The van der Waals surface area contributed by atoms with E-state index in [-0.39, 0.29) is 23.5 Å². The molecule has 0 unspecified atom stereocenters. The van der Waals surface area contributed by atoms with Gasteiger partial charge in [0, 0.05) is 10.6 Å². The molecule has 1 heterocycles. The quantitative estimate of drug-likeness (QED) is 0.344. The van der Waals surface area contributed by atoms with E-state index in [9.17, 15) is 9.90 Å². The second kappa shape index (κ2) is 7.65. The molecule has 1 aromatic heterocycles. The van der Waals surface area contributed by atoms with Crippen molar-refractivity contribution in [3.63, 3.8) is 0 Å². The van der Waals surface area contributed by atoms with Gasteiger partial charge in [0.1, 0.15) is 22.5 Å². The molecule has 1 saturated carbocycles. The van der Waals surface area contributed by atoms with E-state index in [0.29, 0.717) is 21.7 Å². The zero-order valence-electron chi connectivity index (χ0n) is 16.3. The number of benzene rings is 2. The average Bonchev–Trinajstić information content (AvgIpc) is 3.12. The highest BCUT2D eigenvalue weighted by Crippen LogP contribution is 2.45. The van der Waals surface area contributed by atoms with E-state index in [1.165, 1.54) is 11.2 Å². The van der Waals surface area contributed by atoms with Gasteiger partial charge >= 0.3 is 0 Å². The van der Waals surface area contributed by atoms with Gasteiger partial charge in [-0.2, -0.15) is 0 Å². The van der Waals surface area contributed by atoms with Gasteiger partial charge in [0.15, 0.2) is 0 Å². The molecular formula is C21H24ClN5O2. The van der Waals surface area contributed by atoms with E-state index < -0.39 is 0 Å². The molecular weight excluding hydrogens is 390 g/mol. The summed E-state index contributed by atoms with van der Waals surface area (Å²) in [6.45, 7) is 2.17. The summed E-state index contributed by atoms with van der Waals surface area (Å²) >= 11 is 6.07. The number of fused-ring (bicyclic) bond motifs is 1. The number of nitrogens with two attached hydrogens (primary N) is 1. The van der Waals surface area contributed by atoms with E-state index >= 15 is 0 Å². The van der Waals surface area contributed by atoms with Crippen LogP contribution in [0.2, 0.25) is 5.02 Å². The monoisotopic (exact) mass is 413 g/mol. The zero-order chi connectivity index (χ0) is 20.6. The van der Waals surface area contributed by atoms with Crippen LogP contribution in [0.1, 0.15) is 50.2 Å². The standard InChI is InChI=1S/C21H24ClN5O2/c1-21(7-3-2-4-8-21)15-9-13(11-19(28)24-23)10-18(20(15)29)27-25-16-6-5-14(22)12-17(16)26-27/h5-6,9-10,12,29H,2-4,7-8,11,23H2,1H3,(H,24,28). The molecule has 29 heavy (non-hydrogen) atoms. The molecule has 152 valence electrons. The molecule has 8 heteroatoms. The van der Waals surface area contributed by atoms with Crippen molar-refractivity contribution in [2.24, 2.45) is 5.84 Å². The van der Waals surface area contributed by atoms with E-state index in [0.717, 1.165) is 36.8 Å². The summed E-state index contributed by atoms with van der Waals surface area (Å²) in [4.78, 5) is 13.3. The van der Waals surface area contributed by atoms with E-state index in [1.54, 1.807) is 24.3 Å². The minimum atomic E-state index is -0.299. The van der Waals surface area contributed by atoms with Gasteiger partial charge in [-0.1, -0.05) is 43.9 Å². The number of aromatic nitrogens is 3. The maximum absolute atomic E-state index is 11.9. The third-order valence-electron chi connectivity index (χ3n) is 5.84. The molecule has 7 nitrogen and oxygen atoms in total. The van der Waals surface area contributed by atoms with Gasteiger partial charge in [-0.25, -0.2) is 5.84 Å². The van der Waals surface area contributed by atoms with Crippen LogP contribution in [0.15, 0.2) is 30.3 Å². The number of phenols is 1. The first kappa shape index (κ1) is 19.7. The zero-order valence-corrected chi connectivity index (χ0v) is 17.0. The third kappa shape index (κ3) is 3.80. The Morgan fingerprint density at radius 3 is 2.66 bits per heavy atom. The molecule has 0 atom stereocenters. The van der Waals surface area contributed by atoms with Crippen molar-refractivity contribution < 1.29 is 9.90 Å². The van der Waals surface area contributed by atoms with Gasteiger partial charge in [0.05, 0.1) is 6.42 Å². The second-order valence-corrected chi connectivity index (χ2v) is 8.44. The van der Waals surface area contributed by atoms with Crippen LogP contribution < -0.4 is 11.3 Å². The van der Waals surface area contributed by atoms with Crippen molar-refractivity contribution in [1.82, 2.24) is 20.4 Å². The van der Waals surface area contributed by atoms with Gasteiger partial charge in [0.2, 0.25) is 5.91 Å². The van der Waals surface area contributed by atoms with Crippen molar-refractivity contribution in [2.45, 2.75) is 50.9 Å². The number of nitrogens with one attached hydrogen (secondary N) is 1. The summed E-state index contributed by atoms with van der Waals surface area (Å²) in [7, 11) is 0. The molecule has 0 saturated heterocycles. The molecule has 2 aromatic carbocycles. The highest BCUT2D eigenvalue weighted by atomic mass is 35.5. The van der Waals surface area contributed by atoms with Crippen LogP contribution in [-0.2, 0) is 16.6 Å². The first-order chi connectivity index (χ1) is 13.9. The van der Waals surface area contributed by atoms with Crippen molar-refractivity contribution >= 4 is 28.5 Å². The Bertz CT molecular complexity index is 1070. The molecule has 3 aromatic rings. The molecule has 0 aliphatic heterocycles. The van der Waals surface area contributed by atoms with Crippen LogP contribution in [-0.4, -0.2) is 26.0 Å². The van der Waals surface area contributed by atoms with Gasteiger partial charge in [-0.05, 0) is 48.1 Å². The Morgan fingerprint density at radius 2 is 1.93 bits per heavy atom. The number of hydrogen-bond acceptors (Lipinski definition) is 5. The Morgan fingerprint density at radius 1 is 1.21 bits per heavy atom. The van der Waals surface area contributed by atoms with Crippen molar-refractivity contribution in [3.8, 4) is 11.4 Å². The van der Waals surface area contributed by atoms with Gasteiger partial charge in [-0.3, -0.25) is 10.2 Å². The SMILES string of the molecule is CC1(c2cc(CC(=O)NN)cc(-n3nc4ccc(Cl)cc4n3)c2O)CCCCC1. The fourth-order valence-electron chi connectivity index (χ4n) is 4.23. The third-order valence-corrected chi connectivity index (χ3v) is 6.08. The lowest BCUT2D eigenvalue weighted by Crippen LogP contribution is -2.31. The van der Waals surface area contributed by atoms with Crippen LogP contribution in [0.25, 0.3) is 16.7 Å². The lowest BCUT2D eigenvalue weighted by atomic mass is 9.70. The molecule has 1 fully saturated rings. The van der Waals surface area contributed by atoms with Crippen LogP contribution in [0, 0.1) is 0 Å². The molecule has 4 N–H and O–H groups in total. The number of aromatic hydroxyl groups is 1. The Balaban J connectivity index is 1.87. The molecule has 0 bridgehead atoms. The predicted octanol–water partition coefficient (Wildman–Crippen LogP) is 3.53. The smallest absolute Gasteiger partial charge is 0.238 e. The molecule has 0 radical (unpaired) electrons. The number of phenolic OH excluding ortho intramolecular Hbond substituents is 1. The van der Waals surface area contributed by atoms with Gasteiger partial charge in [-0.15, -0.1) is 15.0 Å². The lowest BCUT2D eigenvalue weighted by Gasteiger charge is -2.35. The fraction of sp³-hybridized carbons (Fsp3) is 0.381. The first-order valence-corrected chi connectivity index (χ1v) is 10.2. The normalized spacial score (nSPS) is 16.1. The Kier molecular flexibility index (Phi) is 5.19. The van der Waals surface area contributed by atoms with Crippen LogP contribution in [0.5, 0.6) is 5.75 Å². The number of amides is 1. The topological polar surface area (TPSA) is 106 Å². The number of hydrazine groups is 1. The van der Waals surface area contributed by atoms with Crippen LogP contribution in [0.3, 0.4) is 0 Å². The molecule has 4 rings (SSSR count). The fourth-order valence-corrected chi connectivity index (χ4v) is 4.39. The number of nitrogens with zero attached hydrogens (tertiary/aromatic N) is 3. The van der Waals surface area contributed by atoms with E-state index in [1.807, 2.05) is 6.07 Å². The Hall–Kier alpha value is -2.64. The maximum Gasteiger partial charge on any atom is 0.238 e. The highest BCUT2D eigenvalue weighted by molar-refractivity contribution is 6.31. The minimum Gasteiger partial charge on any atom is -0.505 e. The van der Waals surface area contributed by atoms with Crippen molar-refractivity contribution in [3.05, 3.63) is 46.5 Å². The van der Waals surface area contributed by atoms with E-state index in [2.05, 4.69) is 22.5 Å². The number of carbonyl (C=O) groups is 1. The second-order valence-electron chi connectivity index (χ2n) is 8.00. The summed E-state index contributed by atoms with van der Waals surface area (Å²) in [5, 5.41) is 20.8. The predicted molar refractivity (Wildman–Crippen MR) is 112 cm³/mol. The highest BCUT2D eigenvalue weighted by Gasteiger charge is 2.33. The summed E-state index contributed by atoms with van der Waals surface area (Å²) < 4.78 is 0. The summed E-state index contributed by atoms with van der Waals surface area (Å²) in [6.07, 6.45) is 5.50. The molecule has 0 spiro atoms. The number of hydrogen-bond donors (Lipinski definition) is 3. The minimum absolute atomic E-state index is 0.111. The molecule has 1 aliphatic carbocycles. The largest absolute Gasteiger partial charge is 0.505 e. The number of carbonyl (C=O) groups excluding carboxylic acids is 1. The lowest BCUT2D eigenvalue weighted by molar-refractivity contribution is -0.120. The van der Waals surface area contributed by atoms with Crippen molar-refractivity contribution in [1.29, 1.82) is 0 Å². The molecule has 1 aliphatic rings. The van der Waals surface area contributed by atoms with Crippen LogP contribution in [0.4, 0.5) is 0 Å². The Labute approximate surface area is 173 Å². The van der Waals surface area contributed by atoms with Gasteiger partial charge in [0.25, 0.3) is 0 Å². The van der Waals surface area contributed by atoms with Gasteiger partial charge < -0.3 is 5.11 Å². The number of rotatable bonds is 4. The first-order valence-electron chi connectivity index (χ1n) is 9.78. The van der Waals surface area contributed by atoms with Crippen LogP contribution >= 0.6 is 11.6 Å².